The predicted octanol–water partition coefficient (Wildman–Crippen LogP) is 1.85. The zero-order valence-electron chi connectivity index (χ0n) is 8.39. The molecule has 0 saturated heterocycles. The molecule has 0 atom stereocenters. The lowest BCUT2D eigenvalue weighted by Crippen LogP contribution is -2.11. The molecule has 1 aromatic rings. The quantitative estimate of drug-likeness (QED) is 0.878. The minimum Gasteiger partial charge on any atom is -0.333 e. The fourth-order valence-corrected chi connectivity index (χ4v) is 2.04. The van der Waals surface area contributed by atoms with Crippen LogP contribution in [0.25, 0.3) is 0 Å². The molecule has 0 bridgehead atoms. The summed E-state index contributed by atoms with van der Waals surface area (Å²) in [5.41, 5.74) is 1.28. The van der Waals surface area contributed by atoms with Crippen molar-refractivity contribution in [3.05, 3.63) is 16.1 Å². The van der Waals surface area contributed by atoms with Gasteiger partial charge in [0, 0.05) is 7.05 Å². The highest BCUT2D eigenvalue weighted by Gasteiger charge is 2.10. The molecule has 74 valence electrons. The Labute approximate surface area is 87.7 Å². The Kier molecular flexibility index (Phi) is 3.93. The molecule has 0 amide bonds. The summed E-state index contributed by atoms with van der Waals surface area (Å²) in [7, 11) is 4.00. The molecule has 0 fully saturated rings. The van der Waals surface area contributed by atoms with E-state index in [0.29, 0.717) is 0 Å². The second-order valence-corrected chi connectivity index (χ2v) is 3.86. The first-order valence-corrected chi connectivity index (χ1v) is 5.34. The zero-order chi connectivity index (χ0) is 9.84. The van der Waals surface area contributed by atoms with E-state index >= 15 is 0 Å². The number of hydrogen-bond donors (Lipinski definition) is 1. The molecule has 1 heterocycles. The Hall–Kier alpha value is -0.350. The van der Waals surface area contributed by atoms with Crippen LogP contribution in [0.15, 0.2) is 4.60 Å². The third kappa shape index (κ3) is 2.31. The molecule has 1 aromatic heterocycles. The molecular weight excluding hydrogens is 230 g/mol. The van der Waals surface area contributed by atoms with Crippen LogP contribution in [0.4, 0.5) is 0 Å². The molecule has 0 radical (unpaired) electrons. The van der Waals surface area contributed by atoms with E-state index in [4.69, 9.17) is 0 Å². The molecule has 0 aliphatic heterocycles. The van der Waals surface area contributed by atoms with Crippen LogP contribution in [0.3, 0.4) is 0 Å². The molecule has 0 aliphatic rings. The van der Waals surface area contributed by atoms with Crippen LogP contribution >= 0.6 is 15.9 Å². The van der Waals surface area contributed by atoms with Crippen LogP contribution in [0.5, 0.6) is 0 Å². The van der Waals surface area contributed by atoms with Crippen LogP contribution in [0, 0.1) is 0 Å². The SMILES string of the molecule is CCCc1c(Br)nc(CNC)n1C. The number of nitrogens with one attached hydrogen (secondary N) is 1. The van der Waals surface area contributed by atoms with Gasteiger partial charge >= 0.3 is 0 Å². The normalized spacial score (nSPS) is 10.8. The monoisotopic (exact) mass is 245 g/mol. The number of rotatable bonds is 4. The smallest absolute Gasteiger partial charge is 0.127 e. The highest BCUT2D eigenvalue weighted by atomic mass is 79.9. The van der Waals surface area contributed by atoms with Crippen molar-refractivity contribution in [2.75, 3.05) is 7.05 Å². The third-order valence-electron chi connectivity index (χ3n) is 2.08. The minimum absolute atomic E-state index is 0.818. The predicted molar refractivity (Wildman–Crippen MR) is 57.7 cm³/mol. The zero-order valence-corrected chi connectivity index (χ0v) is 9.98. The van der Waals surface area contributed by atoms with Crippen LogP contribution in [0.2, 0.25) is 0 Å². The third-order valence-corrected chi connectivity index (χ3v) is 2.71. The highest BCUT2D eigenvalue weighted by molar-refractivity contribution is 9.10. The molecule has 1 rings (SSSR count). The molecule has 0 aliphatic carbocycles. The Morgan fingerprint density at radius 2 is 2.23 bits per heavy atom. The van der Waals surface area contributed by atoms with Crippen molar-refractivity contribution >= 4 is 15.9 Å². The van der Waals surface area contributed by atoms with E-state index in [1.54, 1.807) is 0 Å². The summed E-state index contributed by atoms with van der Waals surface area (Å²) >= 11 is 3.48. The van der Waals surface area contributed by atoms with Crippen LogP contribution in [-0.4, -0.2) is 16.6 Å². The van der Waals surface area contributed by atoms with E-state index < -0.39 is 0 Å². The summed E-state index contributed by atoms with van der Waals surface area (Å²) in [6.45, 7) is 3.00. The lowest BCUT2D eigenvalue weighted by Gasteiger charge is -2.03. The molecular formula is C9H16BrN3. The minimum atomic E-state index is 0.818. The average molecular weight is 246 g/mol. The molecule has 0 spiro atoms. The summed E-state index contributed by atoms with van der Waals surface area (Å²) in [4.78, 5) is 4.44. The maximum Gasteiger partial charge on any atom is 0.127 e. The van der Waals surface area contributed by atoms with Gasteiger partial charge < -0.3 is 9.88 Å². The lowest BCUT2D eigenvalue weighted by atomic mass is 10.3. The van der Waals surface area contributed by atoms with Gasteiger partial charge in [0.15, 0.2) is 0 Å². The molecule has 0 aromatic carbocycles. The number of halogens is 1. The molecule has 3 nitrogen and oxygen atoms in total. The Balaban J connectivity index is 2.92. The Bertz CT molecular complexity index is 281. The number of aromatic nitrogens is 2. The maximum absolute atomic E-state index is 4.44. The van der Waals surface area contributed by atoms with Gasteiger partial charge in [0.2, 0.25) is 0 Å². The Morgan fingerprint density at radius 3 is 2.77 bits per heavy atom. The summed E-state index contributed by atoms with van der Waals surface area (Å²) in [5.74, 6) is 1.08. The highest BCUT2D eigenvalue weighted by Crippen LogP contribution is 2.18. The van der Waals surface area contributed by atoms with Gasteiger partial charge in [-0.3, -0.25) is 0 Å². The molecule has 1 N–H and O–H groups in total. The van der Waals surface area contributed by atoms with Gasteiger partial charge in [0.25, 0.3) is 0 Å². The van der Waals surface area contributed by atoms with Crippen molar-refractivity contribution in [1.29, 1.82) is 0 Å². The number of nitrogens with zero attached hydrogens (tertiary/aromatic N) is 2. The van der Waals surface area contributed by atoms with Gasteiger partial charge in [-0.2, -0.15) is 0 Å². The van der Waals surface area contributed by atoms with Crippen molar-refractivity contribution in [3.63, 3.8) is 0 Å². The fraction of sp³-hybridized carbons (Fsp3) is 0.667. The van der Waals surface area contributed by atoms with Gasteiger partial charge in [-0.15, -0.1) is 0 Å². The van der Waals surface area contributed by atoms with Gasteiger partial charge in [-0.05, 0) is 29.4 Å². The molecule has 4 heteroatoms. The largest absolute Gasteiger partial charge is 0.333 e. The van der Waals surface area contributed by atoms with Crippen molar-refractivity contribution in [2.24, 2.45) is 7.05 Å². The topological polar surface area (TPSA) is 29.9 Å². The van der Waals surface area contributed by atoms with Crippen molar-refractivity contribution in [1.82, 2.24) is 14.9 Å². The van der Waals surface area contributed by atoms with Crippen molar-refractivity contribution in [2.45, 2.75) is 26.3 Å². The van der Waals surface area contributed by atoms with Crippen LogP contribution in [-0.2, 0) is 20.0 Å². The van der Waals surface area contributed by atoms with Crippen LogP contribution < -0.4 is 5.32 Å². The van der Waals surface area contributed by atoms with E-state index in [1.807, 2.05) is 7.05 Å². The first-order chi connectivity index (χ1) is 6.20. The van der Waals surface area contributed by atoms with E-state index in [0.717, 1.165) is 29.8 Å². The molecule has 0 unspecified atom stereocenters. The summed E-state index contributed by atoms with van der Waals surface area (Å²) in [6.07, 6.45) is 2.23. The van der Waals surface area contributed by atoms with Gasteiger partial charge in [-0.1, -0.05) is 13.3 Å². The van der Waals surface area contributed by atoms with E-state index in [9.17, 15) is 0 Å². The van der Waals surface area contributed by atoms with E-state index in [-0.39, 0.29) is 0 Å². The lowest BCUT2D eigenvalue weighted by molar-refractivity contribution is 0.684. The summed E-state index contributed by atoms with van der Waals surface area (Å²) in [6, 6.07) is 0. The van der Waals surface area contributed by atoms with Crippen molar-refractivity contribution in [3.8, 4) is 0 Å². The van der Waals surface area contributed by atoms with Crippen LogP contribution in [0.1, 0.15) is 24.9 Å². The molecule has 0 saturated carbocycles. The Morgan fingerprint density at radius 1 is 1.54 bits per heavy atom. The summed E-state index contributed by atoms with van der Waals surface area (Å²) in [5, 5.41) is 3.10. The standard InChI is InChI=1S/C9H16BrN3/c1-4-5-7-9(10)12-8(6-11-2)13(7)3/h11H,4-6H2,1-3H3. The average Bonchev–Trinajstić information content (AvgIpc) is 2.34. The van der Waals surface area contributed by atoms with Gasteiger partial charge in [0.05, 0.1) is 12.2 Å². The first kappa shape index (κ1) is 10.7. The van der Waals surface area contributed by atoms with Crippen molar-refractivity contribution < 1.29 is 0 Å². The summed E-state index contributed by atoms with van der Waals surface area (Å²) < 4.78 is 3.14. The fourth-order valence-electron chi connectivity index (χ4n) is 1.37. The maximum atomic E-state index is 4.44. The van der Waals surface area contributed by atoms with Gasteiger partial charge in [0.1, 0.15) is 10.4 Å². The number of imidazole rings is 1. The molecule has 13 heavy (non-hydrogen) atoms. The van der Waals surface area contributed by atoms with E-state index in [2.05, 4.69) is 44.8 Å². The second kappa shape index (κ2) is 4.77. The first-order valence-electron chi connectivity index (χ1n) is 4.55. The van der Waals surface area contributed by atoms with E-state index in [1.165, 1.54) is 5.69 Å². The van der Waals surface area contributed by atoms with Gasteiger partial charge in [-0.25, -0.2) is 4.98 Å². The second-order valence-electron chi connectivity index (χ2n) is 3.10. The number of hydrogen-bond acceptors (Lipinski definition) is 2.